The second-order valence-corrected chi connectivity index (χ2v) is 5.17. The molecule has 1 heterocycles. The third kappa shape index (κ3) is 2.76. The summed E-state index contributed by atoms with van der Waals surface area (Å²) in [6.07, 6.45) is 2.13. The van der Waals surface area contributed by atoms with E-state index in [1.807, 2.05) is 0 Å². The van der Waals surface area contributed by atoms with Gasteiger partial charge in [-0.25, -0.2) is 0 Å². The van der Waals surface area contributed by atoms with Crippen LogP contribution < -0.4 is 5.32 Å². The molecule has 70 valence electrons. The topological polar surface area (TPSA) is 21.3 Å². The van der Waals surface area contributed by atoms with Crippen molar-refractivity contribution in [2.75, 3.05) is 6.61 Å². The van der Waals surface area contributed by atoms with E-state index in [1.54, 1.807) is 0 Å². The van der Waals surface area contributed by atoms with Crippen molar-refractivity contribution in [1.29, 1.82) is 0 Å². The smallest absolute Gasteiger partial charge is 0.183 e. The van der Waals surface area contributed by atoms with Crippen LogP contribution in [0.3, 0.4) is 0 Å². The van der Waals surface area contributed by atoms with Crippen LogP contribution in [0.25, 0.3) is 0 Å². The number of hydrogen-bond donors (Lipinski definition) is 1. The van der Waals surface area contributed by atoms with E-state index in [1.165, 1.54) is 0 Å². The van der Waals surface area contributed by atoms with Crippen LogP contribution in [-0.4, -0.2) is 12.1 Å². The van der Waals surface area contributed by atoms with E-state index in [0.717, 1.165) is 12.5 Å². The van der Waals surface area contributed by atoms with Crippen LogP contribution in [0.4, 0.5) is 0 Å². The lowest BCUT2D eigenvalue weighted by atomic mass is 9.97. The van der Waals surface area contributed by atoms with Crippen molar-refractivity contribution in [3.8, 4) is 0 Å². The summed E-state index contributed by atoms with van der Waals surface area (Å²) < 4.78 is 5.49. The van der Waals surface area contributed by atoms with Crippen LogP contribution in [0.5, 0.6) is 0 Å². The van der Waals surface area contributed by atoms with Crippen LogP contribution >= 0.6 is 0 Å². The largest absolute Gasteiger partial charge is 0.477 e. The molecule has 0 amide bonds. The molecule has 1 saturated heterocycles. The van der Waals surface area contributed by atoms with Gasteiger partial charge in [-0.15, -0.1) is 0 Å². The molecule has 0 saturated carbocycles. The Balaban J connectivity index is 2.64. The lowest BCUT2D eigenvalue weighted by Crippen LogP contribution is -2.34. The third-order valence-corrected chi connectivity index (χ3v) is 1.61. The molecule has 2 heteroatoms. The molecule has 0 bridgehead atoms. The SMILES string of the molecule is CC(C)(C)/C=C1/NC(C)(C)CO1. The van der Waals surface area contributed by atoms with Gasteiger partial charge in [0, 0.05) is 0 Å². The summed E-state index contributed by atoms with van der Waals surface area (Å²) >= 11 is 0. The van der Waals surface area contributed by atoms with E-state index in [2.05, 4.69) is 46.0 Å². The minimum atomic E-state index is 0.0943. The van der Waals surface area contributed by atoms with Crippen molar-refractivity contribution in [3.63, 3.8) is 0 Å². The lowest BCUT2D eigenvalue weighted by Gasteiger charge is -2.15. The predicted octanol–water partition coefficient (Wildman–Crippen LogP) is 2.27. The summed E-state index contributed by atoms with van der Waals surface area (Å²) in [4.78, 5) is 0. The van der Waals surface area contributed by atoms with Crippen molar-refractivity contribution in [1.82, 2.24) is 5.32 Å². The molecular formula is C10H19NO. The Kier molecular flexibility index (Phi) is 2.11. The summed E-state index contributed by atoms with van der Waals surface area (Å²) in [5, 5.41) is 3.33. The fourth-order valence-corrected chi connectivity index (χ4v) is 1.13. The summed E-state index contributed by atoms with van der Waals surface area (Å²) in [6.45, 7) is 11.5. The number of hydrogen-bond acceptors (Lipinski definition) is 2. The highest BCUT2D eigenvalue weighted by Gasteiger charge is 2.27. The molecule has 1 aliphatic heterocycles. The first-order valence-electron chi connectivity index (χ1n) is 4.42. The lowest BCUT2D eigenvalue weighted by molar-refractivity contribution is 0.232. The molecule has 1 aliphatic rings. The van der Waals surface area contributed by atoms with E-state index >= 15 is 0 Å². The second-order valence-electron chi connectivity index (χ2n) is 5.17. The Morgan fingerprint density at radius 2 is 2.00 bits per heavy atom. The molecule has 0 radical (unpaired) electrons. The van der Waals surface area contributed by atoms with Crippen molar-refractivity contribution in [2.45, 2.75) is 40.2 Å². The fraction of sp³-hybridized carbons (Fsp3) is 0.800. The van der Waals surface area contributed by atoms with Gasteiger partial charge in [0.05, 0.1) is 5.54 Å². The van der Waals surface area contributed by atoms with Crippen LogP contribution in [0.2, 0.25) is 0 Å². The van der Waals surface area contributed by atoms with Gasteiger partial charge in [-0.1, -0.05) is 20.8 Å². The molecule has 0 aliphatic carbocycles. The number of ether oxygens (including phenoxy) is 1. The number of rotatable bonds is 0. The Labute approximate surface area is 75.0 Å². The molecule has 1 rings (SSSR count). The van der Waals surface area contributed by atoms with Gasteiger partial charge in [-0.3, -0.25) is 0 Å². The van der Waals surface area contributed by atoms with Gasteiger partial charge in [-0.2, -0.15) is 0 Å². The molecular weight excluding hydrogens is 150 g/mol. The molecule has 0 spiro atoms. The van der Waals surface area contributed by atoms with Gasteiger partial charge in [0.25, 0.3) is 0 Å². The number of allylic oxidation sites excluding steroid dienone is 1. The third-order valence-electron chi connectivity index (χ3n) is 1.61. The quantitative estimate of drug-likeness (QED) is 0.600. The molecule has 0 atom stereocenters. The number of nitrogens with one attached hydrogen (secondary N) is 1. The first-order chi connectivity index (χ1) is 5.29. The van der Waals surface area contributed by atoms with Gasteiger partial charge in [0.15, 0.2) is 5.88 Å². The first-order valence-corrected chi connectivity index (χ1v) is 4.42. The maximum absolute atomic E-state index is 5.49. The molecule has 0 aromatic rings. The van der Waals surface area contributed by atoms with Crippen LogP contribution in [0.1, 0.15) is 34.6 Å². The highest BCUT2D eigenvalue weighted by Crippen LogP contribution is 2.22. The van der Waals surface area contributed by atoms with Gasteiger partial charge in [0.1, 0.15) is 6.61 Å². The molecule has 0 aromatic carbocycles. The van der Waals surface area contributed by atoms with E-state index in [0.29, 0.717) is 0 Å². The average molecular weight is 169 g/mol. The highest BCUT2D eigenvalue weighted by atomic mass is 16.5. The van der Waals surface area contributed by atoms with Gasteiger partial charge in [0.2, 0.25) is 0 Å². The minimum absolute atomic E-state index is 0.0943. The van der Waals surface area contributed by atoms with Crippen molar-refractivity contribution < 1.29 is 4.74 Å². The normalized spacial score (nSPS) is 25.2. The van der Waals surface area contributed by atoms with Crippen molar-refractivity contribution in [2.24, 2.45) is 5.41 Å². The Morgan fingerprint density at radius 1 is 1.42 bits per heavy atom. The molecule has 1 fully saturated rings. The van der Waals surface area contributed by atoms with Gasteiger partial charge in [-0.05, 0) is 25.3 Å². The maximum Gasteiger partial charge on any atom is 0.183 e. The minimum Gasteiger partial charge on any atom is -0.477 e. The van der Waals surface area contributed by atoms with E-state index in [9.17, 15) is 0 Å². The second kappa shape index (κ2) is 2.68. The highest BCUT2D eigenvalue weighted by molar-refractivity contribution is 5.06. The zero-order valence-electron chi connectivity index (χ0n) is 8.69. The van der Waals surface area contributed by atoms with E-state index in [-0.39, 0.29) is 11.0 Å². The Bertz CT molecular complexity index is 198. The molecule has 0 aromatic heterocycles. The van der Waals surface area contributed by atoms with Crippen molar-refractivity contribution >= 4 is 0 Å². The van der Waals surface area contributed by atoms with Crippen LogP contribution in [0.15, 0.2) is 12.0 Å². The van der Waals surface area contributed by atoms with Crippen LogP contribution in [0, 0.1) is 5.41 Å². The molecule has 2 nitrogen and oxygen atoms in total. The first kappa shape index (κ1) is 9.43. The monoisotopic (exact) mass is 169 g/mol. The van der Waals surface area contributed by atoms with Crippen LogP contribution in [-0.2, 0) is 4.74 Å². The molecule has 0 unspecified atom stereocenters. The summed E-state index contributed by atoms with van der Waals surface area (Å²) in [5.41, 5.74) is 0.278. The summed E-state index contributed by atoms with van der Waals surface area (Å²) in [7, 11) is 0. The Hall–Kier alpha value is -0.660. The van der Waals surface area contributed by atoms with Gasteiger partial charge >= 0.3 is 0 Å². The molecule has 12 heavy (non-hydrogen) atoms. The maximum atomic E-state index is 5.49. The Morgan fingerprint density at radius 3 is 2.33 bits per heavy atom. The summed E-state index contributed by atoms with van der Waals surface area (Å²) in [6, 6.07) is 0. The van der Waals surface area contributed by atoms with E-state index < -0.39 is 0 Å². The standard InChI is InChI=1S/C10H19NO/c1-9(2,3)6-8-11-10(4,5)7-12-8/h6,11H,7H2,1-5H3/b8-6-. The van der Waals surface area contributed by atoms with Gasteiger partial charge < -0.3 is 10.1 Å². The zero-order valence-corrected chi connectivity index (χ0v) is 8.69. The average Bonchev–Trinajstić information content (AvgIpc) is 2.05. The fourth-order valence-electron chi connectivity index (χ4n) is 1.13. The predicted molar refractivity (Wildman–Crippen MR) is 50.7 cm³/mol. The van der Waals surface area contributed by atoms with E-state index in [4.69, 9.17) is 4.74 Å². The zero-order chi connectivity index (χ0) is 9.41. The van der Waals surface area contributed by atoms with Crippen molar-refractivity contribution in [3.05, 3.63) is 12.0 Å². The molecule has 1 N–H and O–H groups in total. The summed E-state index contributed by atoms with van der Waals surface area (Å²) in [5.74, 6) is 0.924.